The highest BCUT2D eigenvalue weighted by atomic mass is 32.2. The molecule has 0 bridgehead atoms. The second kappa shape index (κ2) is 6.60. The van der Waals surface area contributed by atoms with E-state index in [0.29, 0.717) is 12.5 Å². The SMILES string of the molecule is Cn1cc(CCN=C(N)N2CCSCC2)c2ccc(F)cc21. The Bertz CT molecular complexity index is 689. The van der Waals surface area contributed by atoms with Gasteiger partial charge in [0.25, 0.3) is 0 Å². The minimum absolute atomic E-state index is 0.203. The summed E-state index contributed by atoms with van der Waals surface area (Å²) in [5, 5.41) is 1.09. The van der Waals surface area contributed by atoms with Crippen molar-refractivity contribution in [1.82, 2.24) is 9.47 Å². The summed E-state index contributed by atoms with van der Waals surface area (Å²) in [6.45, 7) is 2.62. The van der Waals surface area contributed by atoms with Gasteiger partial charge >= 0.3 is 0 Å². The summed E-state index contributed by atoms with van der Waals surface area (Å²) in [6, 6.07) is 4.92. The number of hydrogen-bond acceptors (Lipinski definition) is 2. The van der Waals surface area contributed by atoms with E-state index >= 15 is 0 Å². The van der Waals surface area contributed by atoms with Crippen LogP contribution in [0.1, 0.15) is 5.56 Å². The Hall–Kier alpha value is -1.69. The Morgan fingerprint density at radius 3 is 2.91 bits per heavy atom. The van der Waals surface area contributed by atoms with Crippen LogP contribution in [0.2, 0.25) is 0 Å². The van der Waals surface area contributed by atoms with Gasteiger partial charge in [0.2, 0.25) is 0 Å². The molecule has 0 amide bonds. The average molecular weight is 320 g/mol. The zero-order valence-corrected chi connectivity index (χ0v) is 13.6. The Balaban J connectivity index is 1.69. The molecule has 0 spiro atoms. The first-order valence-corrected chi connectivity index (χ1v) is 8.66. The number of nitrogens with zero attached hydrogens (tertiary/aromatic N) is 3. The van der Waals surface area contributed by atoms with E-state index in [0.717, 1.165) is 41.9 Å². The Labute approximate surface area is 134 Å². The number of rotatable bonds is 3. The van der Waals surface area contributed by atoms with Crippen molar-refractivity contribution in [2.24, 2.45) is 17.8 Å². The first-order valence-electron chi connectivity index (χ1n) is 7.51. The number of aryl methyl sites for hydroxylation is 1. The molecule has 2 heterocycles. The van der Waals surface area contributed by atoms with Crippen molar-refractivity contribution in [3.05, 3.63) is 35.8 Å². The number of thioether (sulfide) groups is 1. The van der Waals surface area contributed by atoms with Gasteiger partial charge in [-0.15, -0.1) is 0 Å². The van der Waals surface area contributed by atoms with Crippen LogP contribution in [0.5, 0.6) is 0 Å². The van der Waals surface area contributed by atoms with Gasteiger partial charge in [0.1, 0.15) is 5.82 Å². The van der Waals surface area contributed by atoms with Crippen LogP contribution in [0, 0.1) is 5.82 Å². The predicted octanol–water partition coefficient (Wildman–Crippen LogP) is 2.22. The molecule has 2 aromatic rings. The second-order valence-corrected chi connectivity index (χ2v) is 6.74. The molecule has 0 radical (unpaired) electrons. The molecule has 4 nitrogen and oxygen atoms in total. The van der Waals surface area contributed by atoms with Crippen molar-refractivity contribution < 1.29 is 4.39 Å². The van der Waals surface area contributed by atoms with E-state index in [1.807, 2.05) is 35.6 Å². The monoisotopic (exact) mass is 320 g/mol. The summed E-state index contributed by atoms with van der Waals surface area (Å²) >= 11 is 1.96. The van der Waals surface area contributed by atoms with Crippen molar-refractivity contribution >= 4 is 28.6 Å². The minimum Gasteiger partial charge on any atom is -0.370 e. The number of nitrogens with two attached hydrogens (primary N) is 1. The van der Waals surface area contributed by atoms with Gasteiger partial charge in [-0.1, -0.05) is 0 Å². The third-order valence-corrected chi connectivity index (χ3v) is 4.97. The summed E-state index contributed by atoms with van der Waals surface area (Å²) < 4.78 is 15.3. The first-order chi connectivity index (χ1) is 10.6. The number of hydrogen-bond donors (Lipinski definition) is 1. The molecule has 1 aliphatic heterocycles. The van der Waals surface area contributed by atoms with Gasteiger partial charge in [0.05, 0.1) is 5.52 Å². The summed E-state index contributed by atoms with van der Waals surface area (Å²) in [7, 11) is 1.94. The molecule has 2 N–H and O–H groups in total. The van der Waals surface area contributed by atoms with Crippen molar-refractivity contribution in [2.45, 2.75) is 6.42 Å². The van der Waals surface area contributed by atoms with Crippen LogP contribution >= 0.6 is 11.8 Å². The van der Waals surface area contributed by atoms with Crippen molar-refractivity contribution in [2.75, 3.05) is 31.1 Å². The smallest absolute Gasteiger partial charge is 0.191 e. The zero-order chi connectivity index (χ0) is 15.5. The lowest BCUT2D eigenvalue weighted by molar-refractivity contribution is 0.456. The molecule has 118 valence electrons. The number of guanidine groups is 1. The second-order valence-electron chi connectivity index (χ2n) is 5.52. The Kier molecular flexibility index (Phi) is 4.57. The maximum absolute atomic E-state index is 13.3. The molecular weight excluding hydrogens is 299 g/mol. The molecule has 0 atom stereocenters. The van der Waals surface area contributed by atoms with Gasteiger partial charge < -0.3 is 15.2 Å². The third-order valence-electron chi connectivity index (χ3n) is 4.03. The van der Waals surface area contributed by atoms with Gasteiger partial charge in [0, 0.05) is 49.8 Å². The number of benzene rings is 1. The van der Waals surface area contributed by atoms with Gasteiger partial charge in [-0.3, -0.25) is 4.99 Å². The molecule has 6 heteroatoms. The van der Waals surface area contributed by atoms with Crippen molar-refractivity contribution in [3.63, 3.8) is 0 Å². The Morgan fingerprint density at radius 2 is 2.14 bits per heavy atom. The standard InChI is InChI=1S/C16H21FN4S/c1-20-11-12(14-3-2-13(17)10-15(14)20)4-5-19-16(18)21-6-8-22-9-7-21/h2-3,10-11H,4-9H2,1H3,(H2,18,19). The molecular formula is C16H21FN4S. The number of aromatic nitrogens is 1. The summed E-state index contributed by atoms with van der Waals surface area (Å²) in [5.41, 5.74) is 8.16. The lowest BCUT2D eigenvalue weighted by Gasteiger charge is -2.27. The van der Waals surface area contributed by atoms with Crippen LogP contribution in [0.15, 0.2) is 29.4 Å². The molecule has 1 aromatic heterocycles. The molecule has 1 fully saturated rings. The molecule has 3 rings (SSSR count). The van der Waals surface area contributed by atoms with Gasteiger partial charge in [-0.05, 0) is 30.2 Å². The van der Waals surface area contributed by atoms with Crippen LogP contribution in [0.25, 0.3) is 10.9 Å². The highest BCUT2D eigenvalue weighted by Gasteiger charge is 2.12. The minimum atomic E-state index is -0.203. The van der Waals surface area contributed by atoms with Crippen LogP contribution in [-0.2, 0) is 13.5 Å². The maximum Gasteiger partial charge on any atom is 0.191 e. The molecule has 22 heavy (non-hydrogen) atoms. The lowest BCUT2D eigenvalue weighted by Crippen LogP contribution is -2.42. The summed E-state index contributed by atoms with van der Waals surface area (Å²) in [4.78, 5) is 6.65. The van der Waals surface area contributed by atoms with E-state index in [2.05, 4.69) is 9.89 Å². The van der Waals surface area contributed by atoms with E-state index in [4.69, 9.17) is 5.73 Å². The normalized spacial score (nSPS) is 16.5. The van der Waals surface area contributed by atoms with Crippen molar-refractivity contribution in [3.8, 4) is 0 Å². The predicted molar refractivity (Wildman–Crippen MR) is 92.0 cm³/mol. The summed E-state index contributed by atoms with van der Waals surface area (Å²) in [6.07, 6.45) is 2.86. The summed E-state index contributed by atoms with van der Waals surface area (Å²) in [5.74, 6) is 2.67. The van der Waals surface area contributed by atoms with Crippen LogP contribution in [-0.4, -0.2) is 46.6 Å². The van der Waals surface area contributed by atoms with Crippen molar-refractivity contribution in [1.29, 1.82) is 0 Å². The number of halogens is 1. The van der Waals surface area contributed by atoms with Crippen LogP contribution < -0.4 is 5.73 Å². The molecule has 1 aromatic carbocycles. The molecule has 1 aliphatic rings. The average Bonchev–Trinajstić information content (AvgIpc) is 2.84. The molecule has 0 aliphatic carbocycles. The van der Waals surface area contributed by atoms with Crippen LogP contribution in [0.3, 0.4) is 0 Å². The van der Waals surface area contributed by atoms with Gasteiger partial charge in [0.15, 0.2) is 5.96 Å². The highest BCUT2D eigenvalue weighted by molar-refractivity contribution is 7.99. The van der Waals surface area contributed by atoms with Crippen LogP contribution in [0.4, 0.5) is 4.39 Å². The molecule has 1 saturated heterocycles. The van der Waals surface area contributed by atoms with E-state index in [9.17, 15) is 4.39 Å². The van der Waals surface area contributed by atoms with E-state index < -0.39 is 0 Å². The first kappa shape index (κ1) is 15.2. The quantitative estimate of drug-likeness (QED) is 0.697. The topological polar surface area (TPSA) is 46.6 Å². The lowest BCUT2D eigenvalue weighted by atomic mass is 10.1. The number of aliphatic imine (C=N–C) groups is 1. The fourth-order valence-electron chi connectivity index (χ4n) is 2.82. The van der Waals surface area contributed by atoms with Gasteiger partial charge in [-0.25, -0.2) is 4.39 Å². The van der Waals surface area contributed by atoms with E-state index in [-0.39, 0.29) is 5.82 Å². The largest absolute Gasteiger partial charge is 0.370 e. The third kappa shape index (κ3) is 3.21. The number of fused-ring (bicyclic) bond motifs is 1. The van der Waals surface area contributed by atoms with E-state index in [1.54, 1.807) is 6.07 Å². The van der Waals surface area contributed by atoms with Gasteiger partial charge in [-0.2, -0.15) is 11.8 Å². The molecule has 0 unspecified atom stereocenters. The zero-order valence-electron chi connectivity index (χ0n) is 12.8. The fourth-order valence-corrected chi connectivity index (χ4v) is 3.73. The molecule has 0 saturated carbocycles. The van der Waals surface area contributed by atoms with E-state index in [1.165, 1.54) is 11.6 Å². The Morgan fingerprint density at radius 1 is 1.36 bits per heavy atom. The highest BCUT2D eigenvalue weighted by Crippen LogP contribution is 2.22. The fraction of sp³-hybridized carbons (Fsp3) is 0.438. The maximum atomic E-state index is 13.3.